The lowest BCUT2D eigenvalue weighted by atomic mass is 9.82. The Morgan fingerprint density at radius 2 is 2.17 bits per heavy atom. The van der Waals surface area contributed by atoms with Crippen molar-refractivity contribution < 1.29 is 24.1 Å². The lowest BCUT2D eigenvalue weighted by Crippen LogP contribution is -2.46. The van der Waals surface area contributed by atoms with Gasteiger partial charge in [0.05, 0.1) is 0 Å². The Labute approximate surface area is 138 Å². The zero-order valence-electron chi connectivity index (χ0n) is 14.8. The van der Waals surface area contributed by atoms with Crippen LogP contribution in [0.2, 0.25) is 0 Å². The van der Waals surface area contributed by atoms with Gasteiger partial charge in [0.1, 0.15) is 17.6 Å². The van der Waals surface area contributed by atoms with E-state index < -0.39 is 11.4 Å². The largest absolute Gasteiger partial charge is 0.457 e. The van der Waals surface area contributed by atoms with Gasteiger partial charge in [0, 0.05) is 39.5 Å². The first-order chi connectivity index (χ1) is 10.6. The standard InChI is InChI=1S/C17H29NO5/c1-16(2,3)23-15(20)18-8-6-12(7-9-19)13(10-18)14-11-21-17(4,5)22-14/h11-13,19H,6-10H2,1-5H3/t12-,13-/m1/s1. The average Bonchev–Trinajstić information content (AvgIpc) is 2.77. The van der Waals surface area contributed by atoms with Gasteiger partial charge >= 0.3 is 6.09 Å². The predicted molar refractivity (Wildman–Crippen MR) is 85.4 cm³/mol. The van der Waals surface area contributed by atoms with Crippen LogP contribution in [0.3, 0.4) is 0 Å². The molecule has 1 N–H and O–H groups in total. The molecule has 1 saturated heterocycles. The fourth-order valence-corrected chi connectivity index (χ4v) is 3.02. The summed E-state index contributed by atoms with van der Waals surface area (Å²) in [4.78, 5) is 14.1. The van der Waals surface area contributed by atoms with Crippen molar-refractivity contribution in [1.29, 1.82) is 0 Å². The van der Waals surface area contributed by atoms with Crippen molar-refractivity contribution in [3.8, 4) is 0 Å². The molecule has 0 spiro atoms. The van der Waals surface area contributed by atoms with Crippen molar-refractivity contribution in [2.45, 2.75) is 58.8 Å². The van der Waals surface area contributed by atoms with E-state index in [9.17, 15) is 9.90 Å². The number of aliphatic hydroxyl groups is 1. The molecule has 0 radical (unpaired) electrons. The molecule has 0 saturated carbocycles. The van der Waals surface area contributed by atoms with E-state index in [1.165, 1.54) is 0 Å². The third-order valence-electron chi connectivity index (χ3n) is 4.10. The molecule has 23 heavy (non-hydrogen) atoms. The molecule has 6 heteroatoms. The molecule has 2 atom stereocenters. The highest BCUT2D eigenvalue weighted by Crippen LogP contribution is 2.38. The van der Waals surface area contributed by atoms with Crippen LogP contribution in [-0.2, 0) is 14.2 Å². The fourth-order valence-electron chi connectivity index (χ4n) is 3.02. The van der Waals surface area contributed by atoms with Crippen LogP contribution in [0, 0.1) is 11.8 Å². The first kappa shape index (κ1) is 17.9. The van der Waals surface area contributed by atoms with Gasteiger partial charge in [-0.15, -0.1) is 0 Å². The second-order valence-electron chi connectivity index (χ2n) is 7.73. The molecule has 1 fully saturated rings. The number of rotatable bonds is 3. The van der Waals surface area contributed by atoms with Gasteiger partial charge in [-0.3, -0.25) is 0 Å². The first-order valence-corrected chi connectivity index (χ1v) is 8.27. The lowest BCUT2D eigenvalue weighted by molar-refractivity contribution is -0.124. The summed E-state index contributed by atoms with van der Waals surface area (Å²) >= 11 is 0. The van der Waals surface area contributed by atoms with Gasteiger partial charge in [0.15, 0.2) is 0 Å². The molecule has 0 aromatic heterocycles. The van der Waals surface area contributed by atoms with Crippen molar-refractivity contribution in [2.24, 2.45) is 11.8 Å². The Hall–Kier alpha value is -1.43. The minimum atomic E-state index is -0.673. The van der Waals surface area contributed by atoms with Crippen LogP contribution >= 0.6 is 0 Å². The van der Waals surface area contributed by atoms with Crippen molar-refractivity contribution in [3.63, 3.8) is 0 Å². The van der Waals surface area contributed by atoms with Gasteiger partial charge in [0.2, 0.25) is 5.79 Å². The van der Waals surface area contributed by atoms with E-state index in [1.807, 2.05) is 34.6 Å². The molecule has 0 aliphatic carbocycles. The molecule has 2 rings (SSSR count). The number of nitrogens with zero attached hydrogens (tertiary/aromatic N) is 1. The molecule has 0 unspecified atom stereocenters. The molecule has 0 aromatic rings. The van der Waals surface area contributed by atoms with Crippen LogP contribution in [0.5, 0.6) is 0 Å². The number of carbonyl (C=O) groups excluding carboxylic acids is 1. The number of carbonyl (C=O) groups is 1. The Kier molecular flexibility index (Phi) is 5.14. The highest BCUT2D eigenvalue weighted by Gasteiger charge is 2.40. The number of hydrogen-bond donors (Lipinski definition) is 1. The SMILES string of the molecule is CC(C)(C)OC(=O)N1CC[C@H](CCO)[C@H](C2=COC(C)(C)O2)C1. The number of amides is 1. The second-order valence-corrected chi connectivity index (χ2v) is 7.73. The summed E-state index contributed by atoms with van der Waals surface area (Å²) in [6.45, 7) is 10.6. The molecule has 1 amide bonds. The topological polar surface area (TPSA) is 68.2 Å². The molecule has 6 nitrogen and oxygen atoms in total. The zero-order chi connectivity index (χ0) is 17.3. The summed E-state index contributed by atoms with van der Waals surface area (Å²) in [7, 11) is 0. The Bertz CT molecular complexity index is 466. The van der Waals surface area contributed by atoms with Crippen molar-refractivity contribution >= 4 is 6.09 Å². The van der Waals surface area contributed by atoms with Crippen LogP contribution in [0.4, 0.5) is 4.79 Å². The van der Waals surface area contributed by atoms with Crippen LogP contribution in [0.1, 0.15) is 47.5 Å². The van der Waals surface area contributed by atoms with E-state index in [0.29, 0.717) is 19.5 Å². The van der Waals surface area contributed by atoms with E-state index in [-0.39, 0.29) is 24.5 Å². The monoisotopic (exact) mass is 327 g/mol. The van der Waals surface area contributed by atoms with E-state index >= 15 is 0 Å². The van der Waals surface area contributed by atoms with Crippen LogP contribution < -0.4 is 0 Å². The lowest BCUT2D eigenvalue weighted by Gasteiger charge is -2.39. The minimum Gasteiger partial charge on any atom is -0.457 e. The van der Waals surface area contributed by atoms with Gasteiger partial charge in [-0.2, -0.15) is 0 Å². The van der Waals surface area contributed by atoms with Crippen molar-refractivity contribution in [1.82, 2.24) is 4.90 Å². The number of aliphatic hydroxyl groups excluding tert-OH is 1. The van der Waals surface area contributed by atoms with Crippen molar-refractivity contribution in [2.75, 3.05) is 19.7 Å². The van der Waals surface area contributed by atoms with Gasteiger partial charge in [-0.05, 0) is 39.5 Å². The molecular formula is C17H29NO5. The van der Waals surface area contributed by atoms with Crippen LogP contribution in [-0.4, -0.2) is 47.2 Å². The van der Waals surface area contributed by atoms with Crippen LogP contribution in [0.15, 0.2) is 12.0 Å². The van der Waals surface area contributed by atoms with Gasteiger partial charge < -0.3 is 24.2 Å². The van der Waals surface area contributed by atoms with E-state index in [0.717, 1.165) is 12.2 Å². The Balaban J connectivity index is 2.07. The fraction of sp³-hybridized carbons (Fsp3) is 0.824. The average molecular weight is 327 g/mol. The quantitative estimate of drug-likeness (QED) is 0.863. The highest BCUT2D eigenvalue weighted by atomic mass is 16.7. The molecule has 2 aliphatic heterocycles. The van der Waals surface area contributed by atoms with E-state index in [1.54, 1.807) is 11.2 Å². The minimum absolute atomic E-state index is 0.0187. The zero-order valence-corrected chi connectivity index (χ0v) is 14.8. The number of ether oxygens (including phenoxy) is 3. The summed E-state index contributed by atoms with van der Waals surface area (Å²) in [5.41, 5.74) is -0.511. The molecule has 2 aliphatic rings. The summed E-state index contributed by atoms with van der Waals surface area (Å²) in [5, 5.41) is 9.31. The first-order valence-electron chi connectivity index (χ1n) is 8.27. The summed E-state index contributed by atoms with van der Waals surface area (Å²) < 4.78 is 16.9. The maximum Gasteiger partial charge on any atom is 0.410 e. The number of hydrogen-bond acceptors (Lipinski definition) is 5. The Morgan fingerprint density at radius 1 is 1.48 bits per heavy atom. The maximum absolute atomic E-state index is 12.3. The van der Waals surface area contributed by atoms with Gasteiger partial charge in [-0.25, -0.2) is 4.79 Å². The van der Waals surface area contributed by atoms with E-state index in [2.05, 4.69) is 0 Å². The number of likely N-dealkylation sites (tertiary alicyclic amines) is 1. The normalized spacial score (nSPS) is 27.0. The third kappa shape index (κ3) is 4.77. The van der Waals surface area contributed by atoms with Gasteiger partial charge in [0.25, 0.3) is 0 Å². The predicted octanol–water partition coefficient (Wildman–Crippen LogP) is 2.87. The molecule has 0 aromatic carbocycles. The van der Waals surface area contributed by atoms with Crippen LogP contribution in [0.25, 0.3) is 0 Å². The Morgan fingerprint density at radius 3 is 2.70 bits per heavy atom. The maximum atomic E-state index is 12.3. The summed E-state index contributed by atoms with van der Waals surface area (Å²) in [5.74, 6) is 0.363. The molecule has 2 heterocycles. The second kappa shape index (κ2) is 6.59. The molecule has 0 bridgehead atoms. The smallest absolute Gasteiger partial charge is 0.410 e. The molecular weight excluding hydrogens is 298 g/mol. The summed E-state index contributed by atoms with van der Waals surface area (Å²) in [6, 6.07) is 0. The number of piperidine rings is 1. The highest BCUT2D eigenvalue weighted by molar-refractivity contribution is 5.68. The van der Waals surface area contributed by atoms with E-state index in [4.69, 9.17) is 14.2 Å². The van der Waals surface area contributed by atoms with Gasteiger partial charge in [-0.1, -0.05) is 0 Å². The summed E-state index contributed by atoms with van der Waals surface area (Å²) in [6.07, 6.45) is 2.84. The van der Waals surface area contributed by atoms with Crippen molar-refractivity contribution in [3.05, 3.63) is 12.0 Å². The third-order valence-corrected chi connectivity index (χ3v) is 4.10. The molecule has 132 valence electrons.